The van der Waals surface area contributed by atoms with Gasteiger partial charge >= 0.3 is 0 Å². The molecule has 3 rings (SSSR count). The van der Waals surface area contributed by atoms with E-state index in [0.29, 0.717) is 25.3 Å². The standard InChI is InChI=1S/C17H20FN3O2/c1-2-3-15-14(10-19-20-15)17(22)21-8-9-23-16(11-21)12-4-6-13(18)7-5-12/h4-7,10,16H,2-3,8-9,11H2,1H3,(H,19,20)/t16-/m0/s1. The van der Waals surface area contributed by atoms with Gasteiger partial charge in [0.25, 0.3) is 5.91 Å². The highest BCUT2D eigenvalue weighted by molar-refractivity contribution is 5.95. The van der Waals surface area contributed by atoms with E-state index in [1.165, 1.54) is 12.1 Å². The van der Waals surface area contributed by atoms with Crippen molar-refractivity contribution < 1.29 is 13.9 Å². The average Bonchev–Trinajstić information content (AvgIpc) is 3.03. The summed E-state index contributed by atoms with van der Waals surface area (Å²) in [6.07, 6.45) is 3.11. The lowest BCUT2D eigenvalue weighted by Crippen LogP contribution is -2.42. The summed E-state index contributed by atoms with van der Waals surface area (Å²) in [7, 11) is 0. The van der Waals surface area contributed by atoms with Crippen LogP contribution in [0.15, 0.2) is 30.5 Å². The largest absolute Gasteiger partial charge is 0.370 e. The summed E-state index contributed by atoms with van der Waals surface area (Å²) in [6, 6.07) is 6.23. The molecule has 0 bridgehead atoms. The van der Waals surface area contributed by atoms with Crippen molar-refractivity contribution in [2.75, 3.05) is 19.7 Å². The van der Waals surface area contributed by atoms with Crippen LogP contribution < -0.4 is 0 Å². The number of carbonyl (C=O) groups excluding carboxylic acids is 1. The van der Waals surface area contributed by atoms with E-state index in [0.717, 1.165) is 24.1 Å². The Morgan fingerprint density at radius 1 is 1.43 bits per heavy atom. The van der Waals surface area contributed by atoms with Crippen molar-refractivity contribution in [3.05, 3.63) is 53.1 Å². The van der Waals surface area contributed by atoms with Crippen LogP contribution in [0.5, 0.6) is 0 Å². The van der Waals surface area contributed by atoms with Gasteiger partial charge in [-0.1, -0.05) is 25.5 Å². The lowest BCUT2D eigenvalue weighted by atomic mass is 10.1. The van der Waals surface area contributed by atoms with E-state index in [-0.39, 0.29) is 17.8 Å². The van der Waals surface area contributed by atoms with Crippen molar-refractivity contribution in [2.24, 2.45) is 0 Å². The Kier molecular flexibility index (Phi) is 4.71. The molecule has 5 nitrogen and oxygen atoms in total. The Morgan fingerprint density at radius 2 is 2.22 bits per heavy atom. The van der Waals surface area contributed by atoms with Gasteiger partial charge in [0, 0.05) is 12.2 Å². The Balaban J connectivity index is 1.74. The van der Waals surface area contributed by atoms with Crippen molar-refractivity contribution in [1.29, 1.82) is 0 Å². The molecule has 2 aromatic rings. The predicted octanol–water partition coefficient (Wildman–Crippen LogP) is 2.72. The normalized spacial score (nSPS) is 18.2. The number of aromatic nitrogens is 2. The third kappa shape index (κ3) is 3.42. The van der Waals surface area contributed by atoms with E-state index in [1.807, 2.05) is 0 Å². The number of nitrogens with one attached hydrogen (secondary N) is 1. The molecule has 23 heavy (non-hydrogen) atoms. The molecule has 6 heteroatoms. The molecule has 122 valence electrons. The minimum Gasteiger partial charge on any atom is -0.370 e. The number of hydrogen-bond donors (Lipinski definition) is 1. The summed E-state index contributed by atoms with van der Waals surface area (Å²) in [5.74, 6) is -0.308. The lowest BCUT2D eigenvalue weighted by molar-refractivity contribution is -0.0228. The lowest BCUT2D eigenvalue weighted by Gasteiger charge is -2.33. The van der Waals surface area contributed by atoms with Gasteiger partial charge < -0.3 is 9.64 Å². The molecule has 0 radical (unpaired) electrons. The maximum Gasteiger partial charge on any atom is 0.257 e. The van der Waals surface area contributed by atoms with Crippen LogP contribution in [0.3, 0.4) is 0 Å². The summed E-state index contributed by atoms with van der Waals surface area (Å²) in [5, 5.41) is 6.90. The summed E-state index contributed by atoms with van der Waals surface area (Å²) >= 11 is 0. The molecule has 1 atom stereocenters. The smallest absolute Gasteiger partial charge is 0.257 e. The van der Waals surface area contributed by atoms with Gasteiger partial charge in [0.15, 0.2) is 0 Å². The molecule has 1 amide bonds. The fourth-order valence-electron chi connectivity index (χ4n) is 2.82. The number of aryl methyl sites for hydroxylation is 1. The minimum absolute atomic E-state index is 0.0300. The van der Waals surface area contributed by atoms with Crippen LogP contribution in [0.25, 0.3) is 0 Å². The summed E-state index contributed by atoms with van der Waals surface area (Å²) in [6.45, 7) is 3.54. The molecule has 1 N–H and O–H groups in total. The second kappa shape index (κ2) is 6.91. The van der Waals surface area contributed by atoms with Crippen LogP contribution in [0, 0.1) is 5.82 Å². The Labute approximate surface area is 134 Å². The van der Waals surface area contributed by atoms with Gasteiger partial charge in [-0.3, -0.25) is 9.89 Å². The van der Waals surface area contributed by atoms with Crippen LogP contribution in [0.2, 0.25) is 0 Å². The topological polar surface area (TPSA) is 58.2 Å². The predicted molar refractivity (Wildman–Crippen MR) is 83.6 cm³/mol. The molecule has 1 aliphatic rings. The number of benzene rings is 1. The minimum atomic E-state index is -0.278. The molecule has 1 saturated heterocycles. The van der Waals surface area contributed by atoms with Crippen LogP contribution in [0.4, 0.5) is 4.39 Å². The first-order chi connectivity index (χ1) is 11.2. The van der Waals surface area contributed by atoms with Crippen molar-refractivity contribution >= 4 is 5.91 Å². The number of H-pyrrole nitrogens is 1. The number of morpholine rings is 1. The van der Waals surface area contributed by atoms with Gasteiger partial charge in [-0.2, -0.15) is 5.10 Å². The van der Waals surface area contributed by atoms with Crippen molar-refractivity contribution in [2.45, 2.75) is 25.9 Å². The van der Waals surface area contributed by atoms with E-state index in [2.05, 4.69) is 17.1 Å². The third-order valence-corrected chi connectivity index (χ3v) is 4.04. The van der Waals surface area contributed by atoms with Crippen molar-refractivity contribution in [3.8, 4) is 0 Å². The number of amides is 1. The highest BCUT2D eigenvalue weighted by Crippen LogP contribution is 2.24. The zero-order valence-corrected chi connectivity index (χ0v) is 13.1. The highest BCUT2D eigenvalue weighted by atomic mass is 19.1. The molecule has 0 aliphatic carbocycles. The first kappa shape index (κ1) is 15.7. The Morgan fingerprint density at radius 3 is 2.96 bits per heavy atom. The molecule has 0 saturated carbocycles. The van der Waals surface area contributed by atoms with E-state index in [9.17, 15) is 9.18 Å². The van der Waals surface area contributed by atoms with Crippen LogP contribution in [-0.2, 0) is 11.2 Å². The Hall–Kier alpha value is -2.21. The van der Waals surface area contributed by atoms with E-state index < -0.39 is 0 Å². The van der Waals surface area contributed by atoms with Crippen molar-refractivity contribution in [1.82, 2.24) is 15.1 Å². The molecular formula is C17H20FN3O2. The number of carbonyl (C=O) groups is 1. The molecule has 2 heterocycles. The summed E-state index contributed by atoms with van der Waals surface area (Å²) in [5.41, 5.74) is 2.39. The van der Waals surface area contributed by atoms with Crippen LogP contribution in [-0.4, -0.2) is 40.7 Å². The van der Waals surface area contributed by atoms with Crippen LogP contribution >= 0.6 is 0 Å². The van der Waals surface area contributed by atoms with Gasteiger partial charge in [0.1, 0.15) is 11.9 Å². The second-order valence-electron chi connectivity index (χ2n) is 5.67. The highest BCUT2D eigenvalue weighted by Gasteiger charge is 2.27. The van der Waals surface area contributed by atoms with E-state index in [1.54, 1.807) is 23.2 Å². The third-order valence-electron chi connectivity index (χ3n) is 4.04. The van der Waals surface area contributed by atoms with E-state index >= 15 is 0 Å². The number of ether oxygens (including phenoxy) is 1. The van der Waals surface area contributed by atoms with Gasteiger partial charge in [-0.25, -0.2) is 4.39 Å². The van der Waals surface area contributed by atoms with Crippen molar-refractivity contribution in [3.63, 3.8) is 0 Å². The van der Waals surface area contributed by atoms with Gasteiger partial charge in [-0.05, 0) is 24.1 Å². The number of hydrogen-bond acceptors (Lipinski definition) is 3. The first-order valence-electron chi connectivity index (χ1n) is 7.87. The number of nitrogens with zero attached hydrogens (tertiary/aromatic N) is 2. The zero-order valence-electron chi connectivity index (χ0n) is 13.1. The summed E-state index contributed by atoms with van der Waals surface area (Å²) in [4.78, 5) is 14.5. The number of aromatic amines is 1. The number of halogens is 1. The fourth-order valence-corrected chi connectivity index (χ4v) is 2.82. The molecular weight excluding hydrogens is 297 g/mol. The SMILES string of the molecule is CCCc1[nH]ncc1C(=O)N1CCO[C@H](c2ccc(F)cc2)C1. The molecule has 1 aliphatic heterocycles. The van der Waals surface area contributed by atoms with Gasteiger partial charge in [-0.15, -0.1) is 0 Å². The molecule has 1 aromatic carbocycles. The maximum absolute atomic E-state index is 13.0. The molecule has 1 fully saturated rings. The average molecular weight is 317 g/mol. The van der Waals surface area contributed by atoms with Gasteiger partial charge in [0.2, 0.25) is 0 Å². The fraction of sp³-hybridized carbons (Fsp3) is 0.412. The van der Waals surface area contributed by atoms with E-state index in [4.69, 9.17) is 4.74 Å². The summed E-state index contributed by atoms with van der Waals surface area (Å²) < 4.78 is 18.8. The second-order valence-corrected chi connectivity index (χ2v) is 5.67. The quantitative estimate of drug-likeness (QED) is 0.943. The molecule has 1 aromatic heterocycles. The monoisotopic (exact) mass is 317 g/mol. The maximum atomic E-state index is 13.0. The first-order valence-corrected chi connectivity index (χ1v) is 7.87. The molecule has 0 spiro atoms. The Bertz CT molecular complexity index is 669. The zero-order chi connectivity index (χ0) is 16.2. The van der Waals surface area contributed by atoms with Crippen LogP contribution in [0.1, 0.15) is 41.1 Å². The molecule has 0 unspecified atom stereocenters. The number of rotatable bonds is 4. The van der Waals surface area contributed by atoms with Gasteiger partial charge in [0.05, 0.1) is 24.9 Å².